The standard InChI is InChI=1S/C36H39N5O2/c42-35(29-5-13-33(14-6-29)40-21-17-37-18-22-40)25-27-1-9-31(10-2-27)39-32-11-3-28(4-12-32)26-36(43)30-7-15-34(16-8-30)41-23-19-38-20-24-41/h1-16,37-39H,17-26H2. The molecule has 7 nitrogen and oxygen atoms in total. The Labute approximate surface area is 253 Å². The Balaban J connectivity index is 0.987. The molecule has 220 valence electrons. The highest BCUT2D eigenvalue weighted by Gasteiger charge is 2.14. The minimum atomic E-state index is 0.119. The van der Waals surface area contributed by atoms with Crippen LogP contribution in [0.15, 0.2) is 97.1 Å². The van der Waals surface area contributed by atoms with Crippen LogP contribution in [0.2, 0.25) is 0 Å². The highest BCUT2D eigenvalue weighted by atomic mass is 16.1. The molecular formula is C36H39N5O2. The van der Waals surface area contributed by atoms with Gasteiger partial charge in [0.25, 0.3) is 0 Å². The second kappa shape index (κ2) is 13.7. The number of anilines is 4. The fraction of sp³-hybridized carbons (Fsp3) is 0.278. The van der Waals surface area contributed by atoms with Gasteiger partial charge in [-0.15, -0.1) is 0 Å². The van der Waals surface area contributed by atoms with Gasteiger partial charge in [-0.2, -0.15) is 0 Å². The van der Waals surface area contributed by atoms with Crippen molar-refractivity contribution >= 4 is 34.3 Å². The molecule has 3 N–H and O–H groups in total. The molecule has 43 heavy (non-hydrogen) atoms. The quantitative estimate of drug-likeness (QED) is 0.228. The molecule has 6 rings (SSSR count). The zero-order valence-electron chi connectivity index (χ0n) is 24.5. The van der Waals surface area contributed by atoms with Crippen LogP contribution in [-0.2, 0) is 12.8 Å². The summed E-state index contributed by atoms with van der Waals surface area (Å²) in [6.07, 6.45) is 0.739. The van der Waals surface area contributed by atoms with Crippen LogP contribution in [0.1, 0.15) is 31.8 Å². The maximum absolute atomic E-state index is 12.9. The van der Waals surface area contributed by atoms with Gasteiger partial charge in [-0.3, -0.25) is 9.59 Å². The predicted octanol–water partition coefficient (Wildman–Crippen LogP) is 5.10. The highest BCUT2D eigenvalue weighted by Crippen LogP contribution is 2.22. The molecule has 0 saturated carbocycles. The highest BCUT2D eigenvalue weighted by molar-refractivity contribution is 5.98. The van der Waals surface area contributed by atoms with Crippen molar-refractivity contribution in [1.29, 1.82) is 0 Å². The van der Waals surface area contributed by atoms with Crippen LogP contribution in [-0.4, -0.2) is 63.9 Å². The van der Waals surface area contributed by atoms with E-state index in [2.05, 4.69) is 50.0 Å². The van der Waals surface area contributed by atoms with Gasteiger partial charge in [-0.1, -0.05) is 24.3 Å². The van der Waals surface area contributed by atoms with E-state index in [1.165, 1.54) is 11.4 Å². The molecule has 2 heterocycles. The summed E-state index contributed by atoms with van der Waals surface area (Å²) >= 11 is 0. The Hall–Kier alpha value is -4.46. The van der Waals surface area contributed by atoms with E-state index in [4.69, 9.17) is 0 Å². The van der Waals surface area contributed by atoms with Crippen LogP contribution < -0.4 is 25.8 Å². The number of benzene rings is 4. The second-order valence-corrected chi connectivity index (χ2v) is 11.3. The van der Waals surface area contributed by atoms with Crippen LogP contribution in [0.5, 0.6) is 0 Å². The Morgan fingerprint density at radius 1 is 0.512 bits per heavy atom. The zero-order chi connectivity index (χ0) is 29.4. The molecule has 0 unspecified atom stereocenters. The molecule has 2 fully saturated rings. The number of carbonyl (C=O) groups excluding carboxylic acids is 2. The molecule has 4 aromatic carbocycles. The fourth-order valence-electron chi connectivity index (χ4n) is 5.72. The molecule has 0 amide bonds. The van der Waals surface area contributed by atoms with Gasteiger partial charge in [0.2, 0.25) is 0 Å². The van der Waals surface area contributed by atoms with Crippen molar-refractivity contribution in [3.8, 4) is 0 Å². The lowest BCUT2D eigenvalue weighted by Crippen LogP contribution is -2.43. The number of nitrogens with zero attached hydrogens (tertiary/aromatic N) is 2. The lowest BCUT2D eigenvalue weighted by atomic mass is 10.0. The monoisotopic (exact) mass is 573 g/mol. The fourth-order valence-corrected chi connectivity index (χ4v) is 5.72. The smallest absolute Gasteiger partial charge is 0.167 e. The van der Waals surface area contributed by atoms with Crippen LogP contribution in [0.25, 0.3) is 0 Å². The summed E-state index contributed by atoms with van der Waals surface area (Å²) in [6.45, 7) is 7.93. The van der Waals surface area contributed by atoms with E-state index in [9.17, 15) is 9.59 Å². The maximum Gasteiger partial charge on any atom is 0.167 e. The van der Waals surface area contributed by atoms with Crippen molar-refractivity contribution in [1.82, 2.24) is 10.6 Å². The molecule has 0 atom stereocenters. The zero-order valence-corrected chi connectivity index (χ0v) is 24.5. The van der Waals surface area contributed by atoms with Crippen LogP contribution in [0.4, 0.5) is 22.7 Å². The topological polar surface area (TPSA) is 76.7 Å². The van der Waals surface area contributed by atoms with Gasteiger partial charge in [0.1, 0.15) is 0 Å². The lowest BCUT2D eigenvalue weighted by Gasteiger charge is -2.29. The molecule has 4 aromatic rings. The first-order valence-electron chi connectivity index (χ1n) is 15.2. The SMILES string of the molecule is O=C(Cc1ccc(Nc2ccc(CC(=O)c3ccc(N4CCNCC4)cc3)cc2)cc1)c1ccc(N2CCNCC2)cc1. The molecule has 7 heteroatoms. The van der Waals surface area contributed by atoms with Crippen molar-refractivity contribution in [2.24, 2.45) is 0 Å². The summed E-state index contributed by atoms with van der Waals surface area (Å²) in [4.78, 5) is 30.5. The summed E-state index contributed by atoms with van der Waals surface area (Å²) in [5, 5.41) is 10.1. The number of carbonyl (C=O) groups is 2. The second-order valence-electron chi connectivity index (χ2n) is 11.3. The molecule has 0 aliphatic carbocycles. The summed E-state index contributed by atoms with van der Waals surface area (Å²) < 4.78 is 0. The van der Waals surface area contributed by atoms with E-state index >= 15 is 0 Å². The average Bonchev–Trinajstić information content (AvgIpc) is 3.07. The number of nitrogens with one attached hydrogen (secondary N) is 3. The van der Waals surface area contributed by atoms with Crippen LogP contribution in [0.3, 0.4) is 0 Å². The molecule has 0 radical (unpaired) electrons. The lowest BCUT2D eigenvalue weighted by molar-refractivity contribution is 0.0985. The number of rotatable bonds is 10. The van der Waals surface area contributed by atoms with E-state index < -0.39 is 0 Å². The molecule has 2 saturated heterocycles. The normalized spacial score (nSPS) is 15.3. The van der Waals surface area contributed by atoms with E-state index in [0.717, 1.165) is 86.0 Å². The van der Waals surface area contributed by atoms with Crippen molar-refractivity contribution in [3.05, 3.63) is 119 Å². The number of hydrogen-bond donors (Lipinski definition) is 3. The number of piperazine rings is 2. The van der Waals surface area contributed by atoms with Gasteiger partial charge in [0.05, 0.1) is 0 Å². The van der Waals surface area contributed by atoms with Crippen molar-refractivity contribution in [2.75, 3.05) is 67.5 Å². The Morgan fingerprint density at radius 2 is 0.860 bits per heavy atom. The van der Waals surface area contributed by atoms with Crippen LogP contribution >= 0.6 is 0 Å². The third-order valence-electron chi connectivity index (χ3n) is 8.27. The summed E-state index contributed by atoms with van der Waals surface area (Å²) in [6, 6.07) is 32.0. The summed E-state index contributed by atoms with van der Waals surface area (Å²) in [5.74, 6) is 0.237. The average molecular weight is 574 g/mol. The summed E-state index contributed by atoms with van der Waals surface area (Å²) in [7, 11) is 0. The van der Waals surface area contributed by atoms with E-state index in [-0.39, 0.29) is 11.6 Å². The van der Waals surface area contributed by atoms with Gasteiger partial charge in [0, 0.05) is 99.1 Å². The van der Waals surface area contributed by atoms with Gasteiger partial charge in [-0.05, 0) is 83.9 Å². The van der Waals surface area contributed by atoms with E-state index in [0.29, 0.717) is 12.8 Å². The van der Waals surface area contributed by atoms with Crippen molar-refractivity contribution in [2.45, 2.75) is 12.8 Å². The first kappa shape index (κ1) is 28.6. The predicted molar refractivity (Wildman–Crippen MR) is 175 cm³/mol. The van der Waals surface area contributed by atoms with Gasteiger partial charge in [0.15, 0.2) is 11.6 Å². The molecule has 0 bridgehead atoms. The van der Waals surface area contributed by atoms with Gasteiger partial charge >= 0.3 is 0 Å². The number of ketones is 2. The minimum Gasteiger partial charge on any atom is -0.369 e. The van der Waals surface area contributed by atoms with Crippen LogP contribution in [0, 0.1) is 0 Å². The van der Waals surface area contributed by atoms with Gasteiger partial charge < -0.3 is 25.8 Å². The first-order valence-corrected chi connectivity index (χ1v) is 15.2. The Bertz CT molecular complexity index is 1390. The number of Topliss-reactive ketones (excluding diaryl/α,β-unsaturated/α-hetero) is 2. The first-order chi connectivity index (χ1) is 21.1. The van der Waals surface area contributed by atoms with Crippen molar-refractivity contribution < 1.29 is 9.59 Å². The third-order valence-corrected chi connectivity index (χ3v) is 8.27. The Kier molecular flexibility index (Phi) is 9.11. The summed E-state index contributed by atoms with van der Waals surface area (Å²) in [5.41, 5.74) is 7.69. The maximum atomic E-state index is 12.9. The van der Waals surface area contributed by atoms with Gasteiger partial charge in [-0.25, -0.2) is 0 Å². The van der Waals surface area contributed by atoms with Crippen molar-refractivity contribution in [3.63, 3.8) is 0 Å². The largest absolute Gasteiger partial charge is 0.369 e. The minimum absolute atomic E-state index is 0.119. The van der Waals surface area contributed by atoms with E-state index in [1.807, 2.05) is 72.8 Å². The molecule has 0 aromatic heterocycles. The van der Waals surface area contributed by atoms with E-state index in [1.54, 1.807) is 0 Å². The molecular weight excluding hydrogens is 534 g/mol. The number of hydrogen-bond acceptors (Lipinski definition) is 7. The molecule has 0 spiro atoms. The third kappa shape index (κ3) is 7.49. The molecule has 2 aliphatic rings. The Morgan fingerprint density at radius 3 is 1.21 bits per heavy atom. The molecule has 2 aliphatic heterocycles.